The summed E-state index contributed by atoms with van der Waals surface area (Å²) >= 11 is 0. The molecule has 0 N–H and O–H groups in total. The highest BCUT2D eigenvalue weighted by Crippen LogP contribution is 2.21. The third kappa shape index (κ3) is 2.89. The highest BCUT2D eigenvalue weighted by molar-refractivity contribution is 5.73. The van der Waals surface area contributed by atoms with Crippen LogP contribution in [-0.2, 0) is 0 Å². The van der Waals surface area contributed by atoms with Crippen molar-refractivity contribution < 1.29 is 4.79 Å². The second-order valence-corrected chi connectivity index (χ2v) is 4.40. The SMILES string of the molecule is CCCC1CCN(C(=O)N(C)C)CC1. The largest absolute Gasteiger partial charge is 0.331 e. The summed E-state index contributed by atoms with van der Waals surface area (Å²) in [6.45, 7) is 4.13. The minimum absolute atomic E-state index is 0.167. The van der Waals surface area contributed by atoms with Crippen LogP contribution in [0.15, 0.2) is 0 Å². The number of amides is 2. The molecular formula is C11H22N2O. The molecule has 0 atom stereocenters. The van der Waals surface area contributed by atoms with Gasteiger partial charge in [0.05, 0.1) is 0 Å². The topological polar surface area (TPSA) is 23.6 Å². The first-order valence-corrected chi connectivity index (χ1v) is 5.61. The molecule has 0 spiro atoms. The molecule has 1 aliphatic rings. The predicted octanol–water partition coefficient (Wildman–Crippen LogP) is 2.18. The number of carbonyl (C=O) groups is 1. The highest BCUT2D eigenvalue weighted by Gasteiger charge is 2.22. The number of likely N-dealkylation sites (tertiary alicyclic amines) is 1. The van der Waals surface area contributed by atoms with E-state index in [2.05, 4.69) is 6.92 Å². The van der Waals surface area contributed by atoms with E-state index in [0.29, 0.717) is 0 Å². The van der Waals surface area contributed by atoms with Gasteiger partial charge in [0.1, 0.15) is 0 Å². The summed E-state index contributed by atoms with van der Waals surface area (Å²) in [6, 6.07) is 0.167. The van der Waals surface area contributed by atoms with Gasteiger partial charge in [0, 0.05) is 27.2 Å². The fraction of sp³-hybridized carbons (Fsp3) is 0.909. The summed E-state index contributed by atoms with van der Waals surface area (Å²) in [5, 5.41) is 0. The van der Waals surface area contributed by atoms with Gasteiger partial charge < -0.3 is 9.80 Å². The average molecular weight is 198 g/mol. The molecule has 0 aliphatic carbocycles. The van der Waals surface area contributed by atoms with E-state index in [1.54, 1.807) is 4.90 Å². The minimum Gasteiger partial charge on any atom is -0.331 e. The van der Waals surface area contributed by atoms with Gasteiger partial charge in [-0.05, 0) is 18.8 Å². The number of piperidine rings is 1. The molecule has 0 saturated carbocycles. The number of urea groups is 1. The normalized spacial score (nSPS) is 18.4. The number of hydrogen-bond donors (Lipinski definition) is 0. The van der Waals surface area contributed by atoms with Crippen molar-refractivity contribution in [3.63, 3.8) is 0 Å². The van der Waals surface area contributed by atoms with E-state index in [-0.39, 0.29) is 6.03 Å². The zero-order valence-electron chi connectivity index (χ0n) is 9.62. The van der Waals surface area contributed by atoms with Crippen molar-refractivity contribution in [2.75, 3.05) is 27.2 Å². The molecule has 14 heavy (non-hydrogen) atoms. The number of carbonyl (C=O) groups excluding carboxylic acids is 1. The van der Waals surface area contributed by atoms with Gasteiger partial charge in [0.25, 0.3) is 0 Å². The molecule has 0 bridgehead atoms. The van der Waals surface area contributed by atoms with Crippen molar-refractivity contribution in [1.29, 1.82) is 0 Å². The predicted molar refractivity (Wildman–Crippen MR) is 58.3 cm³/mol. The Bertz CT molecular complexity index is 184. The van der Waals surface area contributed by atoms with Crippen molar-refractivity contribution in [2.45, 2.75) is 32.6 Å². The lowest BCUT2D eigenvalue weighted by atomic mass is 9.93. The Morgan fingerprint density at radius 2 is 1.93 bits per heavy atom. The van der Waals surface area contributed by atoms with Crippen LogP contribution in [0, 0.1) is 5.92 Å². The van der Waals surface area contributed by atoms with Gasteiger partial charge in [-0.15, -0.1) is 0 Å². The fourth-order valence-corrected chi connectivity index (χ4v) is 2.10. The first-order chi connectivity index (χ1) is 6.65. The lowest BCUT2D eigenvalue weighted by molar-refractivity contribution is 0.145. The smallest absolute Gasteiger partial charge is 0.319 e. The van der Waals surface area contributed by atoms with Gasteiger partial charge >= 0.3 is 6.03 Å². The fourth-order valence-electron chi connectivity index (χ4n) is 2.10. The van der Waals surface area contributed by atoms with Gasteiger partial charge in [-0.1, -0.05) is 19.8 Å². The third-order valence-corrected chi connectivity index (χ3v) is 2.96. The maximum atomic E-state index is 11.6. The number of rotatable bonds is 2. The molecule has 0 unspecified atom stereocenters. The van der Waals surface area contributed by atoms with E-state index in [4.69, 9.17) is 0 Å². The van der Waals surface area contributed by atoms with E-state index in [0.717, 1.165) is 19.0 Å². The standard InChI is InChI=1S/C11H22N2O/c1-4-5-10-6-8-13(9-7-10)11(14)12(2)3/h10H,4-9H2,1-3H3. The van der Waals surface area contributed by atoms with Gasteiger partial charge in [0.2, 0.25) is 0 Å². The zero-order valence-corrected chi connectivity index (χ0v) is 9.62. The lowest BCUT2D eigenvalue weighted by Crippen LogP contribution is -2.43. The Labute approximate surface area is 87.1 Å². The summed E-state index contributed by atoms with van der Waals surface area (Å²) < 4.78 is 0. The average Bonchev–Trinajstić information content (AvgIpc) is 2.18. The zero-order chi connectivity index (χ0) is 10.6. The molecule has 1 fully saturated rings. The first kappa shape index (κ1) is 11.3. The maximum Gasteiger partial charge on any atom is 0.319 e. The summed E-state index contributed by atoms with van der Waals surface area (Å²) in [4.78, 5) is 15.2. The van der Waals surface area contributed by atoms with Crippen LogP contribution >= 0.6 is 0 Å². The van der Waals surface area contributed by atoms with Gasteiger partial charge in [-0.25, -0.2) is 4.79 Å². The number of nitrogens with zero attached hydrogens (tertiary/aromatic N) is 2. The van der Waals surface area contributed by atoms with Crippen molar-refractivity contribution in [1.82, 2.24) is 9.80 Å². The lowest BCUT2D eigenvalue weighted by Gasteiger charge is -2.33. The van der Waals surface area contributed by atoms with E-state index in [9.17, 15) is 4.79 Å². The van der Waals surface area contributed by atoms with Crippen molar-refractivity contribution in [2.24, 2.45) is 5.92 Å². The molecule has 0 radical (unpaired) electrons. The summed E-state index contributed by atoms with van der Waals surface area (Å²) in [6.07, 6.45) is 4.97. The summed E-state index contributed by atoms with van der Waals surface area (Å²) in [5.74, 6) is 0.853. The van der Waals surface area contributed by atoms with E-state index in [1.807, 2.05) is 19.0 Å². The van der Waals surface area contributed by atoms with Crippen molar-refractivity contribution in [3.8, 4) is 0 Å². The summed E-state index contributed by atoms with van der Waals surface area (Å²) in [7, 11) is 3.64. The molecule has 2 amide bonds. The molecule has 82 valence electrons. The van der Waals surface area contributed by atoms with Crippen LogP contribution in [-0.4, -0.2) is 43.0 Å². The molecule has 1 aliphatic heterocycles. The van der Waals surface area contributed by atoms with Gasteiger partial charge in [-0.3, -0.25) is 0 Å². The Hall–Kier alpha value is -0.730. The third-order valence-electron chi connectivity index (χ3n) is 2.96. The molecule has 0 aromatic carbocycles. The van der Waals surface area contributed by atoms with E-state index >= 15 is 0 Å². The van der Waals surface area contributed by atoms with Crippen LogP contribution in [0.2, 0.25) is 0 Å². The molecule has 0 aromatic heterocycles. The maximum absolute atomic E-state index is 11.6. The van der Waals surface area contributed by atoms with Gasteiger partial charge in [-0.2, -0.15) is 0 Å². The Morgan fingerprint density at radius 1 is 1.36 bits per heavy atom. The van der Waals surface area contributed by atoms with E-state index < -0.39 is 0 Å². The molecule has 1 heterocycles. The molecule has 1 rings (SSSR count). The summed E-state index contributed by atoms with van der Waals surface area (Å²) in [5.41, 5.74) is 0. The van der Waals surface area contributed by atoms with Crippen LogP contribution in [0.4, 0.5) is 4.79 Å². The van der Waals surface area contributed by atoms with Crippen molar-refractivity contribution in [3.05, 3.63) is 0 Å². The highest BCUT2D eigenvalue weighted by atomic mass is 16.2. The van der Waals surface area contributed by atoms with Crippen LogP contribution in [0.25, 0.3) is 0 Å². The first-order valence-electron chi connectivity index (χ1n) is 5.61. The van der Waals surface area contributed by atoms with Crippen LogP contribution in [0.1, 0.15) is 32.6 Å². The Balaban J connectivity index is 2.32. The second kappa shape index (κ2) is 5.23. The van der Waals surface area contributed by atoms with Gasteiger partial charge in [0.15, 0.2) is 0 Å². The Morgan fingerprint density at radius 3 is 2.36 bits per heavy atom. The van der Waals surface area contributed by atoms with Crippen LogP contribution in [0.3, 0.4) is 0 Å². The Kier molecular flexibility index (Phi) is 4.23. The molecule has 1 saturated heterocycles. The quantitative estimate of drug-likeness (QED) is 0.667. The van der Waals surface area contributed by atoms with Crippen molar-refractivity contribution >= 4 is 6.03 Å². The molecular weight excluding hydrogens is 176 g/mol. The molecule has 0 aromatic rings. The molecule has 3 heteroatoms. The van der Waals surface area contributed by atoms with Crippen LogP contribution in [0.5, 0.6) is 0 Å². The number of hydrogen-bond acceptors (Lipinski definition) is 1. The molecule has 3 nitrogen and oxygen atoms in total. The van der Waals surface area contributed by atoms with Crippen LogP contribution < -0.4 is 0 Å². The monoisotopic (exact) mass is 198 g/mol. The second-order valence-electron chi connectivity index (χ2n) is 4.40. The van der Waals surface area contributed by atoms with E-state index in [1.165, 1.54) is 25.7 Å². The minimum atomic E-state index is 0.167.